The molecule has 1 N–H and O–H groups in total. The lowest BCUT2D eigenvalue weighted by molar-refractivity contribution is -0.123. The maximum absolute atomic E-state index is 13.3. The molecule has 3 aromatic rings. The first-order valence-electron chi connectivity index (χ1n) is 9.81. The molecule has 0 saturated heterocycles. The summed E-state index contributed by atoms with van der Waals surface area (Å²) in [6.45, 7) is 3.62. The van der Waals surface area contributed by atoms with Crippen molar-refractivity contribution in [2.75, 3.05) is 6.54 Å². The number of fused-ring (bicyclic) bond motifs is 1. The molecule has 0 bridgehead atoms. The highest BCUT2D eigenvalue weighted by atomic mass is 35.5. The Hall–Kier alpha value is -2.94. The van der Waals surface area contributed by atoms with E-state index in [1.54, 1.807) is 10.8 Å². The molecule has 3 heterocycles. The number of nitrogens with zero attached hydrogens (tertiary/aromatic N) is 5. The zero-order valence-electron chi connectivity index (χ0n) is 16.5. The molecule has 0 fully saturated rings. The highest BCUT2D eigenvalue weighted by Crippen LogP contribution is 2.25. The molecule has 2 aromatic heterocycles. The molecule has 30 heavy (non-hydrogen) atoms. The molecule has 10 heteroatoms. The van der Waals surface area contributed by atoms with Crippen LogP contribution in [0.2, 0.25) is 5.02 Å². The van der Waals surface area contributed by atoms with Crippen molar-refractivity contribution in [2.45, 2.75) is 45.3 Å². The Morgan fingerprint density at radius 3 is 2.97 bits per heavy atom. The van der Waals surface area contributed by atoms with Crippen molar-refractivity contribution >= 4 is 17.5 Å². The number of rotatable bonds is 6. The molecule has 1 unspecified atom stereocenters. The molecular formula is C20H22ClFN6O2. The van der Waals surface area contributed by atoms with Gasteiger partial charge in [-0.15, -0.1) is 0 Å². The molecular weight excluding hydrogens is 411 g/mol. The third kappa shape index (κ3) is 4.02. The summed E-state index contributed by atoms with van der Waals surface area (Å²) in [5, 5.41) is 7.59. The predicted octanol–water partition coefficient (Wildman–Crippen LogP) is 2.08. The van der Waals surface area contributed by atoms with Gasteiger partial charge >= 0.3 is 5.69 Å². The number of aryl methyl sites for hydroxylation is 1. The fraction of sp³-hybridized carbons (Fsp3) is 0.400. The first kappa shape index (κ1) is 20.3. The van der Waals surface area contributed by atoms with Crippen molar-refractivity contribution in [3.63, 3.8) is 0 Å². The van der Waals surface area contributed by atoms with Crippen LogP contribution in [0.3, 0.4) is 0 Å². The number of nitrogens with one attached hydrogen (secondary N) is 1. The zero-order chi connectivity index (χ0) is 21.3. The van der Waals surface area contributed by atoms with E-state index < -0.39 is 11.7 Å². The van der Waals surface area contributed by atoms with Crippen LogP contribution in [0.15, 0.2) is 35.4 Å². The molecule has 8 nitrogen and oxygen atoms in total. The minimum absolute atomic E-state index is 0.117. The SMILES string of the molecule is Cc1nccn1CCNC(=O)C1CCCn2c1nn(Cc1ccc(F)cc1Cl)c2=O. The molecule has 158 valence electrons. The topological polar surface area (TPSA) is 86.7 Å². The third-order valence-corrected chi connectivity index (χ3v) is 5.72. The lowest BCUT2D eigenvalue weighted by Crippen LogP contribution is -2.36. The summed E-state index contributed by atoms with van der Waals surface area (Å²) in [4.78, 5) is 29.7. The average Bonchev–Trinajstić information content (AvgIpc) is 3.27. The van der Waals surface area contributed by atoms with E-state index in [9.17, 15) is 14.0 Å². The summed E-state index contributed by atoms with van der Waals surface area (Å²) in [7, 11) is 0. The quantitative estimate of drug-likeness (QED) is 0.646. The Kier molecular flexibility index (Phi) is 5.72. The predicted molar refractivity (Wildman–Crippen MR) is 109 cm³/mol. The van der Waals surface area contributed by atoms with Crippen molar-refractivity contribution in [3.05, 3.63) is 69.1 Å². The van der Waals surface area contributed by atoms with E-state index in [0.29, 0.717) is 43.9 Å². The van der Waals surface area contributed by atoms with E-state index >= 15 is 0 Å². The number of imidazole rings is 1. The number of hydrogen-bond acceptors (Lipinski definition) is 4. The van der Waals surface area contributed by atoms with E-state index in [1.807, 2.05) is 17.7 Å². The van der Waals surface area contributed by atoms with Gasteiger partial charge in [-0.3, -0.25) is 9.36 Å². The van der Waals surface area contributed by atoms with Crippen LogP contribution in [0.1, 0.15) is 36.0 Å². The minimum Gasteiger partial charge on any atom is -0.354 e. The highest BCUT2D eigenvalue weighted by Gasteiger charge is 2.31. The number of halogens is 2. The molecule has 1 aliphatic rings. The Bertz CT molecular complexity index is 1130. The summed E-state index contributed by atoms with van der Waals surface area (Å²) in [6, 6.07) is 4.03. The number of amides is 1. The van der Waals surface area contributed by atoms with E-state index in [0.717, 1.165) is 5.82 Å². The first-order valence-corrected chi connectivity index (χ1v) is 10.2. The first-order chi connectivity index (χ1) is 14.4. The lowest BCUT2D eigenvalue weighted by Gasteiger charge is -2.21. The van der Waals surface area contributed by atoms with Gasteiger partial charge in [-0.1, -0.05) is 17.7 Å². The van der Waals surface area contributed by atoms with Crippen LogP contribution in [0.5, 0.6) is 0 Å². The Morgan fingerprint density at radius 1 is 1.40 bits per heavy atom. The van der Waals surface area contributed by atoms with Crippen molar-refractivity contribution in [2.24, 2.45) is 0 Å². The number of carbonyl (C=O) groups excluding carboxylic acids is 1. The van der Waals surface area contributed by atoms with Gasteiger partial charge in [0.25, 0.3) is 0 Å². The maximum atomic E-state index is 13.3. The number of hydrogen-bond donors (Lipinski definition) is 1. The standard InChI is InChI=1S/C20H22ClFN6O2/c1-13-23-6-9-26(13)10-7-24-19(29)16-3-2-8-27-18(16)25-28(20(27)30)12-14-4-5-15(22)11-17(14)21/h4-6,9,11,16H,2-3,7-8,10,12H2,1H3,(H,24,29). The number of aromatic nitrogens is 5. The summed E-state index contributed by atoms with van der Waals surface area (Å²) < 4.78 is 18.1. The van der Waals surface area contributed by atoms with E-state index in [2.05, 4.69) is 15.4 Å². The second kappa shape index (κ2) is 8.43. The highest BCUT2D eigenvalue weighted by molar-refractivity contribution is 6.31. The molecule has 0 saturated carbocycles. The van der Waals surface area contributed by atoms with Gasteiger partial charge in [0.15, 0.2) is 0 Å². The van der Waals surface area contributed by atoms with E-state index in [-0.39, 0.29) is 23.2 Å². The van der Waals surface area contributed by atoms with Crippen LogP contribution in [0, 0.1) is 12.7 Å². The number of carbonyl (C=O) groups is 1. The molecule has 1 aromatic carbocycles. The van der Waals surface area contributed by atoms with Gasteiger partial charge in [-0.2, -0.15) is 5.10 Å². The normalized spacial score (nSPS) is 15.8. The maximum Gasteiger partial charge on any atom is 0.346 e. The van der Waals surface area contributed by atoms with Crippen LogP contribution in [0.25, 0.3) is 0 Å². The van der Waals surface area contributed by atoms with Crippen molar-refractivity contribution in [1.82, 2.24) is 29.2 Å². The molecule has 0 aliphatic carbocycles. The smallest absolute Gasteiger partial charge is 0.346 e. The second-order valence-corrected chi connectivity index (χ2v) is 7.75. The monoisotopic (exact) mass is 432 g/mol. The summed E-state index contributed by atoms with van der Waals surface area (Å²) in [5.74, 6) is 0.267. The summed E-state index contributed by atoms with van der Waals surface area (Å²) in [5.41, 5.74) is 0.296. The van der Waals surface area contributed by atoms with Crippen LogP contribution in [-0.2, 0) is 24.4 Å². The van der Waals surface area contributed by atoms with Crippen molar-refractivity contribution in [1.29, 1.82) is 0 Å². The Labute approximate surface area is 177 Å². The minimum atomic E-state index is -0.486. The van der Waals surface area contributed by atoms with Crippen LogP contribution in [0.4, 0.5) is 4.39 Å². The molecule has 0 spiro atoms. The fourth-order valence-electron chi connectivity index (χ4n) is 3.73. The molecule has 0 radical (unpaired) electrons. The van der Waals surface area contributed by atoms with Gasteiger partial charge in [0.1, 0.15) is 17.5 Å². The average molecular weight is 433 g/mol. The number of benzene rings is 1. The third-order valence-electron chi connectivity index (χ3n) is 5.36. The van der Waals surface area contributed by atoms with Crippen LogP contribution in [-0.4, -0.2) is 36.4 Å². The van der Waals surface area contributed by atoms with Gasteiger partial charge in [0.2, 0.25) is 5.91 Å². The molecule has 1 atom stereocenters. The van der Waals surface area contributed by atoms with E-state index in [4.69, 9.17) is 11.6 Å². The second-order valence-electron chi connectivity index (χ2n) is 7.34. The largest absolute Gasteiger partial charge is 0.354 e. The van der Waals surface area contributed by atoms with Gasteiger partial charge in [0.05, 0.1) is 12.5 Å². The molecule has 1 aliphatic heterocycles. The summed E-state index contributed by atoms with van der Waals surface area (Å²) >= 11 is 6.09. The van der Waals surface area contributed by atoms with Crippen LogP contribution >= 0.6 is 11.6 Å². The fourth-order valence-corrected chi connectivity index (χ4v) is 3.96. The Morgan fingerprint density at radius 2 is 2.23 bits per heavy atom. The zero-order valence-corrected chi connectivity index (χ0v) is 17.3. The molecule has 1 amide bonds. The molecule has 4 rings (SSSR count). The van der Waals surface area contributed by atoms with E-state index in [1.165, 1.54) is 22.9 Å². The van der Waals surface area contributed by atoms with Crippen molar-refractivity contribution < 1.29 is 9.18 Å². The summed E-state index contributed by atoms with van der Waals surface area (Å²) in [6.07, 6.45) is 4.93. The Balaban J connectivity index is 1.49. The lowest BCUT2D eigenvalue weighted by atomic mass is 9.98. The van der Waals surface area contributed by atoms with Gasteiger partial charge in [-0.25, -0.2) is 18.9 Å². The van der Waals surface area contributed by atoms with Gasteiger partial charge < -0.3 is 9.88 Å². The van der Waals surface area contributed by atoms with Gasteiger partial charge in [0, 0.05) is 37.1 Å². The van der Waals surface area contributed by atoms with Crippen LogP contribution < -0.4 is 11.0 Å². The van der Waals surface area contributed by atoms with Gasteiger partial charge in [-0.05, 0) is 37.5 Å². The van der Waals surface area contributed by atoms with Crippen molar-refractivity contribution in [3.8, 4) is 0 Å².